The first-order chi connectivity index (χ1) is 6.77. The third-order valence-electron chi connectivity index (χ3n) is 2.17. The highest BCUT2D eigenvalue weighted by molar-refractivity contribution is 7.99. The number of nitrogens with zero attached hydrogens (tertiary/aromatic N) is 3. The van der Waals surface area contributed by atoms with Gasteiger partial charge in [-0.2, -0.15) is 20.5 Å². The van der Waals surface area contributed by atoms with Crippen molar-refractivity contribution in [3.8, 4) is 0 Å². The minimum Gasteiger partial charge on any atom is -0.352 e. The first-order valence-corrected chi connectivity index (χ1v) is 6.84. The molecule has 0 amide bonds. The van der Waals surface area contributed by atoms with Crippen LogP contribution in [0.4, 0.5) is 5.82 Å². The molecule has 0 saturated carbocycles. The zero-order chi connectivity index (χ0) is 9.97. The van der Waals surface area contributed by atoms with Gasteiger partial charge in [0.15, 0.2) is 11.0 Å². The van der Waals surface area contributed by atoms with E-state index in [4.69, 9.17) is 11.6 Å². The van der Waals surface area contributed by atoms with E-state index in [0.717, 1.165) is 24.7 Å². The Bertz CT molecular complexity index is 305. The monoisotopic (exact) mass is 249 g/mol. The number of anilines is 1. The van der Waals surface area contributed by atoms with Gasteiger partial charge in [-0.15, -0.1) is 0 Å². The molecule has 14 heavy (non-hydrogen) atoms. The van der Waals surface area contributed by atoms with E-state index in [9.17, 15) is 0 Å². The third kappa shape index (κ3) is 2.32. The Morgan fingerprint density at radius 2 is 2.36 bits per heavy atom. The summed E-state index contributed by atoms with van der Waals surface area (Å²) in [5.74, 6) is 3.94. The summed E-state index contributed by atoms with van der Waals surface area (Å²) < 4.78 is 8.23. The van der Waals surface area contributed by atoms with Crippen LogP contribution < -0.4 is 4.90 Å². The van der Waals surface area contributed by atoms with Crippen LogP contribution in [0.15, 0.2) is 0 Å². The molecular formula is C8H12ClN3S2. The summed E-state index contributed by atoms with van der Waals surface area (Å²) in [6.45, 7) is 4.33. The summed E-state index contributed by atoms with van der Waals surface area (Å²) in [6, 6.07) is 0. The lowest BCUT2D eigenvalue weighted by Gasteiger charge is -2.21. The highest BCUT2D eigenvalue weighted by atomic mass is 35.5. The van der Waals surface area contributed by atoms with Crippen LogP contribution in [0.25, 0.3) is 0 Å². The number of aromatic nitrogens is 2. The zero-order valence-corrected chi connectivity index (χ0v) is 10.3. The maximum absolute atomic E-state index is 5.96. The van der Waals surface area contributed by atoms with Crippen LogP contribution >= 0.6 is 35.1 Å². The van der Waals surface area contributed by atoms with Gasteiger partial charge in [0, 0.05) is 18.8 Å². The second-order valence-electron chi connectivity index (χ2n) is 3.50. The molecule has 1 aliphatic heterocycles. The Morgan fingerprint density at radius 1 is 1.50 bits per heavy atom. The Kier molecular flexibility index (Phi) is 3.52. The van der Waals surface area contributed by atoms with Crippen LogP contribution in [-0.4, -0.2) is 33.3 Å². The number of hydrogen-bond acceptors (Lipinski definition) is 5. The maximum Gasteiger partial charge on any atom is 0.187 e. The Balaban J connectivity index is 2.13. The minimum absolute atomic E-state index is 0.550. The normalized spacial score (nSPS) is 23.6. The fourth-order valence-corrected chi connectivity index (χ4v) is 3.34. The molecule has 78 valence electrons. The van der Waals surface area contributed by atoms with Crippen molar-refractivity contribution in [2.45, 2.75) is 6.92 Å². The molecule has 0 bridgehead atoms. The molecular weight excluding hydrogens is 238 g/mol. The molecule has 1 fully saturated rings. The zero-order valence-electron chi connectivity index (χ0n) is 7.94. The van der Waals surface area contributed by atoms with Crippen LogP contribution in [0.2, 0.25) is 5.15 Å². The standard InChI is InChI=1S/C8H12ClN3S2/c1-6-4-12(2-3-13-5-6)8-7(9)10-14-11-8/h6H,2-5H2,1H3. The topological polar surface area (TPSA) is 29.0 Å². The van der Waals surface area contributed by atoms with Crippen molar-refractivity contribution >= 4 is 40.9 Å². The molecule has 2 heterocycles. The van der Waals surface area contributed by atoms with Crippen LogP contribution in [0.1, 0.15) is 6.92 Å². The second kappa shape index (κ2) is 4.68. The van der Waals surface area contributed by atoms with Gasteiger partial charge in [-0.25, -0.2) is 0 Å². The summed E-state index contributed by atoms with van der Waals surface area (Å²) in [5.41, 5.74) is 0. The fourth-order valence-electron chi connectivity index (χ4n) is 1.53. The van der Waals surface area contributed by atoms with Crippen molar-refractivity contribution in [2.75, 3.05) is 29.5 Å². The van der Waals surface area contributed by atoms with Crippen molar-refractivity contribution in [3.05, 3.63) is 5.15 Å². The second-order valence-corrected chi connectivity index (χ2v) is 5.54. The van der Waals surface area contributed by atoms with Crippen molar-refractivity contribution < 1.29 is 0 Å². The predicted octanol–water partition coefficient (Wildman–Crippen LogP) is 2.38. The molecule has 0 aromatic carbocycles. The van der Waals surface area contributed by atoms with Gasteiger partial charge in [-0.3, -0.25) is 0 Å². The summed E-state index contributed by atoms with van der Waals surface area (Å²) in [5, 5.41) is 0.550. The molecule has 1 unspecified atom stereocenters. The van der Waals surface area contributed by atoms with E-state index >= 15 is 0 Å². The molecule has 0 spiro atoms. The Hall–Kier alpha value is -0.0000000000000000555. The van der Waals surface area contributed by atoms with Crippen LogP contribution in [0.3, 0.4) is 0 Å². The predicted molar refractivity (Wildman–Crippen MR) is 63.6 cm³/mol. The van der Waals surface area contributed by atoms with Gasteiger partial charge in [0.1, 0.15) is 0 Å². The molecule has 0 aliphatic carbocycles. The van der Waals surface area contributed by atoms with Crippen molar-refractivity contribution in [1.29, 1.82) is 0 Å². The SMILES string of the molecule is CC1CSCCN(c2nsnc2Cl)C1. The van der Waals surface area contributed by atoms with Gasteiger partial charge in [-0.1, -0.05) is 18.5 Å². The number of rotatable bonds is 1. The maximum atomic E-state index is 5.96. The van der Waals surface area contributed by atoms with E-state index in [1.807, 2.05) is 11.8 Å². The van der Waals surface area contributed by atoms with E-state index in [1.54, 1.807) is 0 Å². The lowest BCUT2D eigenvalue weighted by Crippen LogP contribution is -2.29. The van der Waals surface area contributed by atoms with E-state index in [2.05, 4.69) is 20.6 Å². The van der Waals surface area contributed by atoms with Crippen molar-refractivity contribution in [1.82, 2.24) is 8.75 Å². The summed E-state index contributed by atoms with van der Waals surface area (Å²) in [7, 11) is 0. The molecule has 2 rings (SSSR count). The molecule has 1 saturated heterocycles. The average Bonchev–Trinajstić information content (AvgIpc) is 2.45. The number of hydrogen-bond donors (Lipinski definition) is 0. The van der Waals surface area contributed by atoms with Crippen molar-refractivity contribution in [3.63, 3.8) is 0 Å². The van der Waals surface area contributed by atoms with E-state index in [1.165, 1.54) is 17.5 Å². The summed E-state index contributed by atoms with van der Waals surface area (Å²) in [6.07, 6.45) is 0. The molecule has 1 atom stereocenters. The largest absolute Gasteiger partial charge is 0.352 e. The first kappa shape index (κ1) is 10.5. The highest BCUT2D eigenvalue weighted by Gasteiger charge is 2.19. The molecule has 0 N–H and O–H groups in total. The molecule has 6 heteroatoms. The summed E-state index contributed by atoms with van der Waals surface area (Å²) >= 11 is 9.15. The number of thioether (sulfide) groups is 1. The average molecular weight is 250 g/mol. The number of halogens is 1. The fraction of sp³-hybridized carbons (Fsp3) is 0.750. The highest BCUT2D eigenvalue weighted by Crippen LogP contribution is 2.26. The quantitative estimate of drug-likeness (QED) is 0.764. The van der Waals surface area contributed by atoms with Gasteiger partial charge >= 0.3 is 0 Å². The van der Waals surface area contributed by atoms with Crippen LogP contribution in [0.5, 0.6) is 0 Å². The van der Waals surface area contributed by atoms with E-state index < -0.39 is 0 Å². The Morgan fingerprint density at radius 3 is 3.07 bits per heavy atom. The Labute approximate surface area is 97.2 Å². The van der Waals surface area contributed by atoms with Gasteiger partial charge in [0.2, 0.25) is 0 Å². The molecule has 0 radical (unpaired) electrons. The molecule has 1 aliphatic rings. The van der Waals surface area contributed by atoms with Crippen LogP contribution in [-0.2, 0) is 0 Å². The van der Waals surface area contributed by atoms with Crippen LogP contribution in [0, 0.1) is 5.92 Å². The van der Waals surface area contributed by atoms with E-state index in [-0.39, 0.29) is 0 Å². The first-order valence-electron chi connectivity index (χ1n) is 4.58. The van der Waals surface area contributed by atoms with E-state index in [0.29, 0.717) is 11.1 Å². The smallest absolute Gasteiger partial charge is 0.187 e. The van der Waals surface area contributed by atoms with Crippen molar-refractivity contribution in [2.24, 2.45) is 5.92 Å². The van der Waals surface area contributed by atoms with Gasteiger partial charge < -0.3 is 4.90 Å². The molecule has 1 aromatic rings. The van der Waals surface area contributed by atoms with Gasteiger partial charge in [-0.05, 0) is 11.7 Å². The molecule has 1 aromatic heterocycles. The van der Waals surface area contributed by atoms with Gasteiger partial charge in [0.25, 0.3) is 0 Å². The lowest BCUT2D eigenvalue weighted by atomic mass is 10.2. The summed E-state index contributed by atoms with van der Waals surface area (Å²) in [4.78, 5) is 2.25. The lowest BCUT2D eigenvalue weighted by molar-refractivity contribution is 0.636. The molecule has 3 nitrogen and oxygen atoms in total. The minimum atomic E-state index is 0.550. The van der Waals surface area contributed by atoms with Gasteiger partial charge in [0.05, 0.1) is 11.7 Å². The third-order valence-corrected chi connectivity index (χ3v) is 4.32.